The van der Waals surface area contributed by atoms with E-state index < -0.39 is 95.8 Å². The van der Waals surface area contributed by atoms with E-state index in [-0.39, 0.29) is 60.7 Å². The van der Waals surface area contributed by atoms with Gasteiger partial charge >= 0.3 is 12.1 Å². The second-order valence-electron chi connectivity index (χ2n) is 21.2. The van der Waals surface area contributed by atoms with Crippen molar-refractivity contribution in [2.45, 2.75) is 174 Å². The molecule has 0 aliphatic rings. The number of likely N-dealkylation sites (N-methyl/N-ethyl adjacent to an activating group) is 4. The Morgan fingerprint density at radius 2 is 1.21 bits per heavy atom. The molecular formula is C54H89N9O12S2. The average Bonchev–Trinajstić information content (AvgIpc) is 3.36. The molecule has 0 aliphatic carbocycles. The normalized spacial score (nSPS) is 14.5. The number of benzene rings is 1. The van der Waals surface area contributed by atoms with Gasteiger partial charge in [-0.2, -0.15) is 0 Å². The molecule has 0 fully saturated rings. The summed E-state index contributed by atoms with van der Waals surface area (Å²) in [6, 6.07) is 0.269. The Kier molecular flexibility index (Phi) is 30.7. The second-order valence-corrected chi connectivity index (χ2v) is 24.4. The number of hydrogen-bond acceptors (Lipinski definition) is 13. The summed E-state index contributed by atoms with van der Waals surface area (Å²) < 4.78 is 4.95. The van der Waals surface area contributed by atoms with E-state index >= 15 is 0 Å². The van der Waals surface area contributed by atoms with Crippen molar-refractivity contribution in [1.29, 1.82) is 0 Å². The monoisotopic (exact) mass is 1120 g/mol. The number of nitrogens with zero attached hydrogens (tertiary/aromatic N) is 4. The molecule has 1 aromatic rings. The van der Waals surface area contributed by atoms with E-state index in [0.717, 1.165) is 4.90 Å². The summed E-state index contributed by atoms with van der Waals surface area (Å²) in [7, 11) is 8.76. The number of alkyl carbamates (subject to hydrolysis) is 1. The molecule has 0 aromatic heterocycles. The van der Waals surface area contributed by atoms with Crippen molar-refractivity contribution in [1.82, 2.24) is 46.2 Å². The number of carbonyl (C=O) groups excluding carboxylic acids is 9. The van der Waals surface area contributed by atoms with Crippen molar-refractivity contribution in [3.63, 3.8) is 0 Å². The Bertz CT molecular complexity index is 2140. The molecule has 6 N–H and O–H groups in total. The first-order chi connectivity index (χ1) is 35.8. The lowest BCUT2D eigenvalue weighted by molar-refractivity contribution is -0.150. The third-order valence-corrected chi connectivity index (χ3v) is 15.8. The van der Waals surface area contributed by atoms with Crippen LogP contribution in [-0.2, 0) is 54.3 Å². The summed E-state index contributed by atoms with van der Waals surface area (Å²) in [5.74, 6) is -5.44. The molecule has 23 heteroatoms. The number of aliphatic carboxylic acids is 1. The van der Waals surface area contributed by atoms with E-state index in [1.807, 2.05) is 48.5 Å². The maximum absolute atomic E-state index is 14.2. The first-order valence-electron chi connectivity index (χ1n) is 26.2. The summed E-state index contributed by atoms with van der Waals surface area (Å²) in [6.07, 6.45) is 2.93. The predicted molar refractivity (Wildman–Crippen MR) is 301 cm³/mol. The third kappa shape index (κ3) is 25.0. The van der Waals surface area contributed by atoms with E-state index in [0.29, 0.717) is 37.1 Å². The van der Waals surface area contributed by atoms with Gasteiger partial charge in [-0.05, 0) is 70.8 Å². The molecule has 1 rings (SSSR count). The quantitative estimate of drug-likeness (QED) is 0.0324. The maximum atomic E-state index is 14.2. The topological polar surface area (TPSA) is 273 Å². The Balaban J connectivity index is 3.09. The zero-order chi connectivity index (χ0) is 58.9. The summed E-state index contributed by atoms with van der Waals surface area (Å²) >= 11 is 0. The SMILES string of the molecule is C=CCOC(=O)NC(CSSC(C)(C)C)C(=O)NCCCCCC(=O)NC(CC(C)C)C(=O)N(C)C(C)C(=O)N(C)C(CC(C)C)C(=O)NC(C)C(=O)N(C)C(Cc1ccccc1)C(=O)N(C)C(C)C(=O)NC(C)C(=O)O. The van der Waals surface area contributed by atoms with Crippen molar-refractivity contribution in [2.24, 2.45) is 11.8 Å². The highest BCUT2D eigenvalue weighted by atomic mass is 33.1. The van der Waals surface area contributed by atoms with Gasteiger partial charge in [0.25, 0.3) is 0 Å². The highest BCUT2D eigenvalue weighted by Crippen LogP contribution is 2.35. The molecule has 0 spiro atoms. The summed E-state index contributed by atoms with van der Waals surface area (Å²) in [4.78, 5) is 138. The molecule has 9 amide bonds. The minimum atomic E-state index is -1.25. The number of hydrogen-bond donors (Lipinski definition) is 6. The zero-order valence-corrected chi connectivity index (χ0v) is 49.7. The minimum Gasteiger partial charge on any atom is -0.480 e. The molecule has 8 atom stereocenters. The molecule has 0 saturated heterocycles. The molecule has 0 saturated carbocycles. The summed E-state index contributed by atoms with van der Waals surface area (Å²) in [5, 5.41) is 22.7. The van der Waals surface area contributed by atoms with Crippen molar-refractivity contribution in [3.8, 4) is 0 Å². The number of rotatable bonds is 33. The molecule has 21 nitrogen and oxygen atoms in total. The lowest BCUT2D eigenvalue weighted by atomic mass is 9.99. The van der Waals surface area contributed by atoms with Crippen LogP contribution in [0.15, 0.2) is 43.0 Å². The van der Waals surface area contributed by atoms with E-state index in [9.17, 15) is 53.1 Å². The second kappa shape index (κ2) is 34.1. The average molecular weight is 1120 g/mol. The van der Waals surface area contributed by atoms with Crippen molar-refractivity contribution in [2.75, 3.05) is 47.1 Å². The number of ether oxygens (including phenoxy) is 1. The molecule has 0 bridgehead atoms. The van der Waals surface area contributed by atoms with Crippen LogP contribution in [0.1, 0.15) is 120 Å². The van der Waals surface area contributed by atoms with Gasteiger partial charge in [0, 0.05) is 58.1 Å². The molecule has 0 radical (unpaired) electrons. The molecule has 0 heterocycles. The van der Waals surface area contributed by atoms with Crippen molar-refractivity contribution in [3.05, 3.63) is 48.6 Å². The maximum Gasteiger partial charge on any atom is 0.408 e. The van der Waals surface area contributed by atoms with Gasteiger partial charge in [-0.3, -0.25) is 43.2 Å². The van der Waals surface area contributed by atoms with Gasteiger partial charge in [-0.15, -0.1) is 0 Å². The zero-order valence-electron chi connectivity index (χ0n) is 48.1. The van der Waals surface area contributed by atoms with Crippen molar-refractivity contribution >= 4 is 80.9 Å². The largest absolute Gasteiger partial charge is 0.480 e. The fraction of sp³-hybridized carbons (Fsp3) is 0.667. The van der Waals surface area contributed by atoms with Gasteiger partial charge in [0.05, 0.1) is 0 Å². The van der Waals surface area contributed by atoms with E-state index in [1.165, 1.54) is 87.5 Å². The number of carboxylic acids is 1. The number of carboxylic acid groups (broad SMARTS) is 1. The lowest BCUT2D eigenvalue weighted by Crippen LogP contribution is -2.60. The summed E-state index contributed by atoms with van der Waals surface area (Å²) in [6.45, 7) is 23.2. The van der Waals surface area contributed by atoms with E-state index in [1.54, 1.807) is 41.1 Å². The minimum absolute atomic E-state index is 0.00272. The van der Waals surface area contributed by atoms with Crippen LogP contribution in [0.4, 0.5) is 4.79 Å². The Hall–Kier alpha value is -5.84. The van der Waals surface area contributed by atoms with Crippen LogP contribution in [0.5, 0.6) is 0 Å². The van der Waals surface area contributed by atoms with Gasteiger partial charge in [-0.1, -0.05) is 119 Å². The van der Waals surface area contributed by atoms with Crippen LogP contribution in [0, 0.1) is 11.8 Å². The van der Waals surface area contributed by atoms with Crippen molar-refractivity contribution < 1.29 is 57.8 Å². The number of unbranched alkanes of at least 4 members (excludes halogenated alkanes) is 2. The molecule has 0 aliphatic heterocycles. The van der Waals surface area contributed by atoms with Crippen LogP contribution >= 0.6 is 21.6 Å². The number of carbonyl (C=O) groups is 10. The van der Waals surface area contributed by atoms with Crippen LogP contribution in [0.3, 0.4) is 0 Å². The van der Waals surface area contributed by atoms with Crippen LogP contribution in [-0.4, -0.2) is 184 Å². The van der Waals surface area contributed by atoms with E-state index in [4.69, 9.17) is 4.74 Å². The number of nitrogens with one attached hydrogen (secondary N) is 5. The molecule has 77 heavy (non-hydrogen) atoms. The first-order valence-corrected chi connectivity index (χ1v) is 28.5. The smallest absolute Gasteiger partial charge is 0.408 e. The standard InChI is InChI=1S/C54H89N9O12S2/c1-17-28-75-53(74)59-41(32-76-77-54(10,11)12)46(66)55-27-23-19-22-26-44(64)58-40(29-33(2)3)50(70)61(14)38(9)49(69)62(15)42(30-34(4)5)47(67)56-35(6)48(68)63(16)43(31-39-24-20-18-21-25-39)51(71)60(13)37(8)45(65)57-36(7)52(72)73/h17-18,20-21,24-25,33-38,40-43H,1,19,22-23,26-32H2,2-16H3,(H,55,66)(H,56,67)(H,57,65)(H,58,64)(H,59,74)(H,72,73). The molecule has 8 unspecified atom stereocenters. The Morgan fingerprint density at radius 1 is 0.636 bits per heavy atom. The number of amides is 9. The van der Waals surface area contributed by atoms with E-state index in [2.05, 4.69) is 33.2 Å². The van der Waals surface area contributed by atoms with Crippen LogP contribution in [0.25, 0.3) is 0 Å². The van der Waals surface area contributed by atoms with Crippen LogP contribution in [0.2, 0.25) is 0 Å². The van der Waals surface area contributed by atoms with Crippen LogP contribution < -0.4 is 26.6 Å². The first kappa shape index (κ1) is 69.2. The predicted octanol–water partition coefficient (Wildman–Crippen LogP) is 4.39. The Labute approximate surface area is 464 Å². The highest BCUT2D eigenvalue weighted by Gasteiger charge is 2.39. The fourth-order valence-electron chi connectivity index (χ4n) is 7.66. The van der Waals surface area contributed by atoms with Gasteiger partial charge in [0.2, 0.25) is 47.3 Å². The molecule has 434 valence electrons. The van der Waals surface area contributed by atoms with Gasteiger partial charge in [-0.25, -0.2) is 4.79 Å². The highest BCUT2D eigenvalue weighted by molar-refractivity contribution is 8.77. The molecular weight excluding hydrogens is 1030 g/mol. The van der Waals surface area contributed by atoms with Gasteiger partial charge in [0.1, 0.15) is 54.9 Å². The van der Waals surface area contributed by atoms with Gasteiger partial charge in [0.15, 0.2) is 0 Å². The lowest BCUT2D eigenvalue weighted by Gasteiger charge is -2.36. The third-order valence-electron chi connectivity index (χ3n) is 12.4. The summed E-state index contributed by atoms with van der Waals surface area (Å²) in [5.41, 5.74) is 0.707. The van der Waals surface area contributed by atoms with Gasteiger partial charge < -0.3 is 56.0 Å². The Morgan fingerprint density at radius 3 is 1.77 bits per heavy atom. The molecule has 1 aromatic carbocycles. The fourth-order valence-corrected chi connectivity index (χ4v) is 10.1.